The van der Waals surface area contributed by atoms with E-state index in [0.717, 1.165) is 12.1 Å². The molecular formula is C19H24FNO. The van der Waals surface area contributed by atoms with E-state index in [1.165, 1.54) is 17.7 Å². The summed E-state index contributed by atoms with van der Waals surface area (Å²) in [6, 6.07) is 16.9. The Bertz CT molecular complexity index is 553. The molecule has 0 aliphatic heterocycles. The molecule has 2 N–H and O–H groups in total. The van der Waals surface area contributed by atoms with E-state index in [2.05, 4.69) is 24.4 Å². The van der Waals surface area contributed by atoms with Crippen LogP contribution in [-0.2, 0) is 0 Å². The van der Waals surface area contributed by atoms with Gasteiger partial charge in [-0.05, 0) is 49.4 Å². The highest BCUT2D eigenvalue weighted by molar-refractivity contribution is 5.22. The fourth-order valence-electron chi connectivity index (χ4n) is 2.66. The van der Waals surface area contributed by atoms with Gasteiger partial charge in [0.1, 0.15) is 5.82 Å². The molecule has 0 spiro atoms. The Morgan fingerprint density at radius 1 is 0.955 bits per heavy atom. The number of hydrogen-bond donors (Lipinski definition) is 2. The van der Waals surface area contributed by atoms with E-state index < -0.39 is 0 Å². The summed E-state index contributed by atoms with van der Waals surface area (Å²) in [5, 5.41) is 13.2. The summed E-state index contributed by atoms with van der Waals surface area (Å²) in [5.74, 6) is 0.0383. The van der Waals surface area contributed by atoms with Crippen LogP contribution in [0.3, 0.4) is 0 Å². The molecule has 2 aromatic rings. The molecule has 2 nitrogen and oxygen atoms in total. The fraction of sp³-hybridized carbons (Fsp3) is 0.368. The van der Waals surface area contributed by atoms with Crippen LogP contribution in [0.5, 0.6) is 0 Å². The third-order valence-corrected chi connectivity index (χ3v) is 3.94. The molecule has 0 aliphatic rings. The molecule has 0 aliphatic carbocycles. The smallest absolute Gasteiger partial charge is 0.123 e. The van der Waals surface area contributed by atoms with Crippen molar-refractivity contribution in [2.24, 2.45) is 0 Å². The number of benzene rings is 2. The van der Waals surface area contributed by atoms with E-state index in [1.54, 1.807) is 12.1 Å². The Kier molecular flexibility index (Phi) is 6.10. The molecule has 0 saturated heterocycles. The lowest BCUT2D eigenvalue weighted by atomic mass is 9.93. The molecule has 0 radical (unpaired) electrons. The maximum absolute atomic E-state index is 13.0. The fourth-order valence-corrected chi connectivity index (χ4v) is 2.66. The Morgan fingerprint density at radius 2 is 1.59 bits per heavy atom. The normalized spacial score (nSPS) is 15.3. The second-order valence-electron chi connectivity index (χ2n) is 5.87. The number of nitrogens with one attached hydrogen (secondary N) is 1. The van der Waals surface area contributed by atoms with Crippen molar-refractivity contribution in [1.29, 1.82) is 0 Å². The van der Waals surface area contributed by atoms with Crippen LogP contribution in [-0.4, -0.2) is 17.8 Å². The molecule has 2 rings (SSSR count). The van der Waals surface area contributed by atoms with Gasteiger partial charge in [0.25, 0.3) is 0 Å². The first-order valence-electron chi connectivity index (χ1n) is 7.78. The predicted octanol–water partition coefficient (Wildman–Crippen LogP) is 4.03. The largest absolute Gasteiger partial charge is 0.393 e. The Labute approximate surface area is 132 Å². The highest BCUT2D eigenvalue weighted by Crippen LogP contribution is 2.22. The van der Waals surface area contributed by atoms with Crippen LogP contribution >= 0.6 is 0 Å². The van der Waals surface area contributed by atoms with Crippen molar-refractivity contribution in [3.63, 3.8) is 0 Å². The zero-order valence-corrected chi connectivity index (χ0v) is 13.2. The summed E-state index contributed by atoms with van der Waals surface area (Å²) in [4.78, 5) is 0. The average Bonchev–Trinajstić information content (AvgIpc) is 2.52. The van der Waals surface area contributed by atoms with Gasteiger partial charge < -0.3 is 10.4 Å². The van der Waals surface area contributed by atoms with E-state index in [0.29, 0.717) is 6.42 Å². The zero-order chi connectivity index (χ0) is 15.9. The Hall–Kier alpha value is -1.71. The lowest BCUT2D eigenvalue weighted by Gasteiger charge is -2.22. The van der Waals surface area contributed by atoms with E-state index in [-0.39, 0.29) is 23.9 Å². The first-order valence-corrected chi connectivity index (χ1v) is 7.78. The second-order valence-corrected chi connectivity index (χ2v) is 5.87. The number of aliphatic hydroxyl groups is 1. The molecule has 0 fully saturated rings. The number of rotatable bonds is 7. The topological polar surface area (TPSA) is 32.3 Å². The van der Waals surface area contributed by atoms with Crippen molar-refractivity contribution < 1.29 is 9.50 Å². The summed E-state index contributed by atoms with van der Waals surface area (Å²) >= 11 is 0. The van der Waals surface area contributed by atoms with Gasteiger partial charge in [0.15, 0.2) is 0 Å². The maximum Gasteiger partial charge on any atom is 0.123 e. The van der Waals surface area contributed by atoms with Crippen LogP contribution in [0.15, 0.2) is 54.6 Å². The predicted molar refractivity (Wildman–Crippen MR) is 88.3 cm³/mol. The van der Waals surface area contributed by atoms with Crippen molar-refractivity contribution in [1.82, 2.24) is 5.32 Å². The first kappa shape index (κ1) is 16.7. The van der Waals surface area contributed by atoms with Crippen molar-refractivity contribution in [3.8, 4) is 0 Å². The maximum atomic E-state index is 13.0. The molecule has 118 valence electrons. The molecule has 0 aromatic heterocycles. The average molecular weight is 301 g/mol. The molecule has 0 saturated carbocycles. The van der Waals surface area contributed by atoms with Crippen LogP contribution in [0, 0.1) is 5.82 Å². The van der Waals surface area contributed by atoms with Gasteiger partial charge in [-0.2, -0.15) is 0 Å². The first-order chi connectivity index (χ1) is 10.6. The minimum atomic E-state index is -0.340. The van der Waals surface area contributed by atoms with Crippen molar-refractivity contribution in [3.05, 3.63) is 71.5 Å². The molecule has 2 aromatic carbocycles. The van der Waals surface area contributed by atoms with E-state index >= 15 is 0 Å². The van der Waals surface area contributed by atoms with Gasteiger partial charge >= 0.3 is 0 Å². The minimum Gasteiger partial charge on any atom is -0.393 e. The minimum absolute atomic E-state index is 0.140. The van der Waals surface area contributed by atoms with E-state index in [9.17, 15) is 9.50 Å². The molecule has 3 heteroatoms. The van der Waals surface area contributed by atoms with Crippen LogP contribution in [0.25, 0.3) is 0 Å². The van der Waals surface area contributed by atoms with Crippen LogP contribution in [0.4, 0.5) is 4.39 Å². The standard InChI is InChI=1S/C19H24FNO/c1-14(22)12-18(17-6-4-3-5-7-17)13-21-15(2)16-8-10-19(20)11-9-16/h3-11,14-15,18,21-22H,12-13H2,1-2H3. The van der Waals surface area contributed by atoms with E-state index in [4.69, 9.17) is 0 Å². The summed E-state index contributed by atoms with van der Waals surface area (Å²) in [7, 11) is 0. The quantitative estimate of drug-likeness (QED) is 0.809. The summed E-state index contributed by atoms with van der Waals surface area (Å²) < 4.78 is 13.0. The van der Waals surface area contributed by atoms with Crippen molar-refractivity contribution in [2.45, 2.75) is 38.3 Å². The lowest BCUT2D eigenvalue weighted by molar-refractivity contribution is 0.173. The van der Waals surface area contributed by atoms with Gasteiger partial charge in [0, 0.05) is 12.6 Å². The second kappa shape index (κ2) is 8.06. The molecular weight excluding hydrogens is 277 g/mol. The Balaban J connectivity index is 2.00. The summed E-state index contributed by atoms with van der Waals surface area (Å²) in [6.07, 6.45) is 0.376. The van der Waals surface area contributed by atoms with Crippen molar-refractivity contribution >= 4 is 0 Å². The molecule has 3 unspecified atom stereocenters. The SMILES string of the molecule is CC(O)CC(CNC(C)c1ccc(F)cc1)c1ccccc1. The monoisotopic (exact) mass is 301 g/mol. The Morgan fingerprint density at radius 3 is 2.18 bits per heavy atom. The van der Waals surface area contributed by atoms with Gasteiger partial charge in [-0.1, -0.05) is 42.5 Å². The van der Waals surface area contributed by atoms with Crippen molar-refractivity contribution in [2.75, 3.05) is 6.54 Å². The van der Waals surface area contributed by atoms with Gasteiger partial charge in [-0.3, -0.25) is 0 Å². The molecule has 0 amide bonds. The molecule has 0 heterocycles. The lowest BCUT2D eigenvalue weighted by Crippen LogP contribution is -2.26. The summed E-state index contributed by atoms with van der Waals surface area (Å²) in [5.41, 5.74) is 2.28. The molecule has 0 bridgehead atoms. The number of hydrogen-bond acceptors (Lipinski definition) is 2. The molecule has 3 atom stereocenters. The highest BCUT2D eigenvalue weighted by atomic mass is 19.1. The van der Waals surface area contributed by atoms with Gasteiger partial charge in [0.05, 0.1) is 6.10 Å². The summed E-state index contributed by atoms with van der Waals surface area (Å²) in [6.45, 7) is 4.66. The van der Waals surface area contributed by atoms with Gasteiger partial charge in [-0.25, -0.2) is 4.39 Å². The van der Waals surface area contributed by atoms with Crippen LogP contribution in [0.1, 0.15) is 43.4 Å². The third kappa shape index (κ3) is 4.93. The zero-order valence-electron chi connectivity index (χ0n) is 13.2. The highest BCUT2D eigenvalue weighted by Gasteiger charge is 2.15. The van der Waals surface area contributed by atoms with Gasteiger partial charge in [-0.15, -0.1) is 0 Å². The van der Waals surface area contributed by atoms with E-state index in [1.807, 2.05) is 25.1 Å². The van der Waals surface area contributed by atoms with Crippen LogP contribution in [0.2, 0.25) is 0 Å². The number of halogens is 1. The van der Waals surface area contributed by atoms with Gasteiger partial charge in [0.2, 0.25) is 0 Å². The number of aliphatic hydroxyl groups excluding tert-OH is 1. The molecule has 22 heavy (non-hydrogen) atoms. The van der Waals surface area contributed by atoms with Crippen LogP contribution < -0.4 is 5.32 Å². The third-order valence-electron chi connectivity index (χ3n) is 3.94.